The molecule has 1 fully saturated rings. The number of rotatable bonds is 6. The summed E-state index contributed by atoms with van der Waals surface area (Å²) in [5.74, 6) is 0. The van der Waals surface area contributed by atoms with Gasteiger partial charge in [-0.2, -0.15) is 0 Å². The molecule has 3 nitrogen and oxygen atoms in total. The number of likely N-dealkylation sites (N-methyl/N-ethyl adjacent to an activating group) is 2. The van der Waals surface area contributed by atoms with Gasteiger partial charge in [0.1, 0.15) is 0 Å². The minimum absolute atomic E-state index is 0.716. The van der Waals surface area contributed by atoms with Crippen LogP contribution in [-0.4, -0.2) is 44.2 Å². The van der Waals surface area contributed by atoms with Crippen LogP contribution in [0.2, 0.25) is 0 Å². The summed E-state index contributed by atoms with van der Waals surface area (Å²) < 4.78 is 0. The standard InChI is InChI=1S/C17H29N3/c1-4-20-11-5-6-16(20)13-19(3)17-8-7-15(9-10-18)12-14(17)2/h7-8,12,16H,4-6,9-11,13,18H2,1-3H3. The third-order valence-electron chi connectivity index (χ3n) is 4.50. The van der Waals surface area contributed by atoms with Crippen LogP contribution in [0.3, 0.4) is 0 Å². The van der Waals surface area contributed by atoms with E-state index in [1.165, 1.54) is 42.7 Å². The van der Waals surface area contributed by atoms with E-state index in [1.54, 1.807) is 0 Å². The molecular formula is C17H29N3. The lowest BCUT2D eigenvalue weighted by Gasteiger charge is -2.30. The van der Waals surface area contributed by atoms with Crippen molar-refractivity contribution in [1.29, 1.82) is 0 Å². The lowest BCUT2D eigenvalue weighted by atomic mass is 10.1. The molecule has 0 bridgehead atoms. The first-order valence-corrected chi connectivity index (χ1v) is 7.90. The van der Waals surface area contributed by atoms with Crippen LogP contribution in [0.15, 0.2) is 18.2 Å². The van der Waals surface area contributed by atoms with Crippen molar-refractivity contribution in [3.8, 4) is 0 Å². The van der Waals surface area contributed by atoms with Gasteiger partial charge in [0.05, 0.1) is 0 Å². The van der Waals surface area contributed by atoms with Gasteiger partial charge in [-0.15, -0.1) is 0 Å². The molecule has 2 rings (SSSR count). The van der Waals surface area contributed by atoms with Gasteiger partial charge in [-0.3, -0.25) is 4.90 Å². The van der Waals surface area contributed by atoms with Gasteiger partial charge in [0.2, 0.25) is 0 Å². The van der Waals surface area contributed by atoms with E-state index in [9.17, 15) is 0 Å². The maximum atomic E-state index is 5.63. The number of hydrogen-bond acceptors (Lipinski definition) is 3. The monoisotopic (exact) mass is 275 g/mol. The minimum Gasteiger partial charge on any atom is -0.373 e. The molecule has 0 spiro atoms. The summed E-state index contributed by atoms with van der Waals surface area (Å²) in [6.07, 6.45) is 3.65. The lowest BCUT2D eigenvalue weighted by Crippen LogP contribution is -2.38. The van der Waals surface area contributed by atoms with E-state index in [0.717, 1.165) is 19.5 Å². The highest BCUT2D eigenvalue weighted by atomic mass is 15.2. The van der Waals surface area contributed by atoms with Gasteiger partial charge in [-0.05, 0) is 63.0 Å². The molecule has 1 aromatic carbocycles. The Kier molecular flexibility index (Phi) is 5.44. The summed E-state index contributed by atoms with van der Waals surface area (Å²) in [6.45, 7) is 8.77. The molecule has 0 aliphatic carbocycles. The molecule has 112 valence electrons. The van der Waals surface area contributed by atoms with Crippen molar-refractivity contribution in [1.82, 2.24) is 4.90 Å². The maximum Gasteiger partial charge on any atom is 0.0394 e. The first-order chi connectivity index (χ1) is 9.65. The molecule has 3 heteroatoms. The van der Waals surface area contributed by atoms with Crippen molar-refractivity contribution in [2.75, 3.05) is 38.1 Å². The largest absolute Gasteiger partial charge is 0.373 e. The normalized spacial score (nSPS) is 19.5. The van der Waals surface area contributed by atoms with Crippen LogP contribution in [0.1, 0.15) is 30.9 Å². The second-order valence-corrected chi connectivity index (χ2v) is 5.96. The molecule has 1 atom stereocenters. The van der Waals surface area contributed by atoms with E-state index in [-0.39, 0.29) is 0 Å². The van der Waals surface area contributed by atoms with E-state index in [4.69, 9.17) is 5.73 Å². The number of anilines is 1. The van der Waals surface area contributed by atoms with Crippen molar-refractivity contribution < 1.29 is 0 Å². The van der Waals surface area contributed by atoms with Crippen LogP contribution in [0.5, 0.6) is 0 Å². The Balaban J connectivity index is 2.03. The van der Waals surface area contributed by atoms with Crippen molar-refractivity contribution >= 4 is 5.69 Å². The molecule has 1 aliphatic rings. The molecule has 0 saturated carbocycles. The molecule has 1 unspecified atom stereocenters. The molecular weight excluding hydrogens is 246 g/mol. The second kappa shape index (κ2) is 7.09. The van der Waals surface area contributed by atoms with E-state index < -0.39 is 0 Å². The number of aryl methyl sites for hydroxylation is 1. The summed E-state index contributed by atoms with van der Waals surface area (Å²) >= 11 is 0. The molecule has 0 amide bonds. The first kappa shape index (κ1) is 15.3. The smallest absolute Gasteiger partial charge is 0.0394 e. The molecule has 2 N–H and O–H groups in total. The molecule has 1 heterocycles. The van der Waals surface area contributed by atoms with Crippen LogP contribution < -0.4 is 10.6 Å². The van der Waals surface area contributed by atoms with Crippen molar-refractivity contribution in [2.24, 2.45) is 5.73 Å². The summed E-state index contributed by atoms with van der Waals surface area (Å²) in [5.41, 5.74) is 9.69. The number of nitrogens with two attached hydrogens (primary N) is 1. The summed E-state index contributed by atoms with van der Waals surface area (Å²) in [4.78, 5) is 5.02. The predicted octanol–water partition coefficient (Wildman–Crippen LogP) is 2.42. The van der Waals surface area contributed by atoms with Crippen LogP contribution in [-0.2, 0) is 6.42 Å². The van der Waals surface area contributed by atoms with Crippen LogP contribution >= 0.6 is 0 Å². The zero-order valence-electron chi connectivity index (χ0n) is 13.2. The van der Waals surface area contributed by atoms with Crippen molar-refractivity contribution in [3.05, 3.63) is 29.3 Å². The Morgan fingerprint density at radius 1 is 1.40 bits per heavy atom. The minimum atomic E-state index is 0.716. The van der Waals surface area contributed by atoms with Crippen LogP contribution in [0.4, 0.5) is 5.69 Å². The molecule has 0 radical (unpaired) electrons. The summed E-state index contributed by atoms with van der Waals surface area (Å²) in [5, 5.41) is 0. The first-order valence-electron chi connectivity index (χ1n) is 7.90. The topological polar surface area (TPSA) is 32.5 Å². The fourth-order valence-electron chi connectivity index (χ4n) is 3.40. The van der Waals surface area contributed by atoms with Gasteiger partial charge in [0, 0.05) is 25.3 Å². The third kappa shape index (κ3) is 3.53. The Hall–Kier alpha value is -1.06. The summed E-state index contributed by atoms with van der Waals surface area (Å²) in [7, 11) is 2.22. The Morgan fingerprint density at radius 3 is 2.85 bits per heavy atom. The average molecular weight is 275 g/mol. The summed E-state index contributed by atoms with van der Waals surface area (Å²) in [6, 6.07) is 7.47. The molecule has 0 aromatic heterocycles. The Morgan fingerprint density at radius 2 is 2.20 bits per heavy atom. The number of likely N-dealkylation sites (tertiary alicyclic amines) is 1. The van der Waals surface area contributed by atoms with E-state index in [0.29, 0.717) is 6.04 Å². The molecule has 1 aliphatic heterocycles. The van der Waals surface area contributed by atoms with Gasteiger partial charge >= 0.3 is 0 Å². The lowest BCUT2D eigenvalue weighted by molar-refractivity contribution is 0.270. The molecule has 1 saturated heterocycles. The Bertz CT molecular complexity index is 430. The molecule has 20 heavy (non-hydrogen) atoms. The van der Waals surface area contributed by atoms with Gasteiger partial charge in [-0.25, -0.2) is 0 Å². The third-order valence-corrected chi connectivity index (χ3v) is 4.50. The van der Waals surface area contributed by atoms with E-state index >= 15 is 0 Å². The second-order valence-electron chi connectivity index (χ2n) is 5.96. The molecule has 1 aromatic rings. The highest BCUT2D eigenvalue weighted by Crippen LogP contribution is 2.24. The average Bonchev–Trinajstić information content (AvgIpc) is 2.86. The van der Waals surface area contributed by atoms with Gasteiger partial charge < -0.3 is 10.6 Å². The SMILES string of the molecule is CCN1CCCC1CN(C)c1ccc(CCN)cc1C. The highest BCUT2D eigenvalue weighted by Gasteiger charge is 2.24. The highest BCUT2D eigenvalue weighted by molar-refractivity contribution is 5.54. The van der Waals surface area contributed by atoms with Crippen LogP contribution in [0.25, 0.3) is 0 Å². The fourth-order valence-corrected chi connectivity index (χ4v) is 3.40. The van der Waals surface area contributed by atoms with Crippen molar-refractivity contribution in [2.45, 2.75) is 39.2 Å². The van der Waals surface area contributed by atoms with Gasteiger partial charge in [0.25, 0.3) is 0 Å². The van der Waals surface area contributed by atoms with E-state index in [2.05, 4.69) is 48.9 Å². The van der Waals surface area contributed by atoms with Crippen molar-refractivity contribution in [3.63, 3.8) is 0 Å². The van der Waals surface area contributed by atoms with Gasteiger partial charge in [0.15, 0.2) is 0 Å². The van der Waals surface area contributed by atoms with Gasteiger partial charge in [-0.1, -0.05) is 19.1 Å². The maximum absolute atomic E-state index is 5.63. The zero-order chi connectivity index (χ0) is 14.5. The van der Waals surface area contributed by atoms with Crippen LogP contribution in [0, 0.1) is 6.92 Å². The zero-order valence-corrected chi connectivity index (χ0v) is 13.2. The van der Waals surface area contributed by atoms with E-state index in [1.807, 2.05) is 0 Å². The quantitative estimate of drug-likeness (QED) is 0.865. The number of benzene rings is 1. The fraction of sp³-hybridized carbons (Fsp3) is 0.647. The number of hydrogen-bond donors (Lipinski definition) is 1. The predicted molar refractivity (Wildman–Crippen MR) is 87.5 cm³/mol. The Labute approximate surface area is 123 Å². The number of nitrogens with zero attached hydrogens (tertiary/aromatic N) is 2.